The van der Waals surface area contributed by atoms with Crippen molar-refractivity contribution in [1.29, 1.82) is 0 Å². The minimum absolute atomic E-state index is 0.113. The van der Waals surface area contributed by atoms with Crippen molar-refractivity contribution in [3.05, 3.63) is 12.7 Å². The molecule has 23 heavy (non-hydrogen) atoms. The number of allylic oxidation sites excluding steroid dienone is 1. The Morgan fingerprint density at radius 3 is 2.39 bits per heavy atom. The molecule has 2 unspecified atom stereocenters. The Morgan fingerprint density at radius 1 is 1.13 bits per heavy atom. The van der Waals surface area contributed by atoms with Gasteiger partial charge >= 0.3 is 5.97 Å². The Labute approximate surface area is 141 Å². The average Bonchev–Trinajstić information content (AvgIpc) is 3.29. The Balaban J connectivity index is 2.34. The van der Waals surface area contributed by atoms with E-state index in [0.717, 1.165) is 32.1 Å². The van der Waals surface area contributed by atoms with Crippen molar-refractivity contribution in [2.24, 2.45) is 11.3 Å². The zero-order chi connectivity index (χ0) is 17.1. The lowest BCUT2D eigenvalue weighted by atomic mass is 9.91. The van der Waals surface area contributed by atoms with Crippen molar-refractivity contribution < 1.29 is 14.3 Å². The minimum atomic E-state index is -0.807. The van der Waals surface area contributed by atoms with E-state index in [2.05, 4.69) is 13.5 Å². The van der Waals surface area contributed by atoms with E-state index < -0.39 is 5.41 Å². The van der Waals surface area contributed by atoms with Crippen LogP contribution in [0.1, 0.15) is 84.0 Å². The topological polar surface area (TPSA) is 43.4 Å². The zero-order valence-electron chi connectivity index (χ0n) is 15.1. The van der Waals surface area contributed by atoms with Crippen LogP contribution in [-0.2, 0) is 14.3 Å². The molecule has 1 fully saturated rings. The summed E-state index contributed by atoms with van der Waals surface area (Å²) in [5.41, 5.74) is -0.807. The van der Waals surface area contributed by atoms with Crippen LogP contribution in [0.5, 0.6) is 0 Å². The molecular weight excluding hydrogens is 288 g/mol. The number of hydrogen-bond donors (Lipinski definition) is 0. The largest absolute Gasteiger partial charge is 0.468 e. The third-order valence-corrected chi connectivity index (χ3v) is 5.12. The number of ketones is 1. The fraction of sp³-hybridized carbons (Fsp3) is 0.800. The van der Waals surface area contributed by atoms with Gasteiger partial charge < -0.3 is 4.74 Å². The molecular formula is C20H34O3. The lowest BCUT2D eigenvalue weighted by Gasteiger charge is -2.14. The van der Waals surface area contributed by atoms with E-state index >= 15 is 0 Å². The molecule has 1 aliphatic carbocycles. The summed E-state index contributed by atoms with van der Waals surface area (Å²) in [6, 6.07) is 0. The van der Waals surface area contributed by atoms with Crippen LogP contribution < -0.4 is 0 Å². The SMILES string of the molecule is C=CCCCC1CC1(C(=O)CCCCCCCCC)C(=O)OC. The highest BCUT2D eigenvalue weighted by Gasteiger charge is 2.64. The first-order valence-electron chi connectivity index (χ1n) is 9.36. The van der Waals surface area contributed by atoms with Crippen molar-refractivity contribution in [1.82, 2.24) is 0 Å². The molecule has 1 saturated carbocycles. The maximum Gasteiger partial charge on any atom is 0.319 e. The summed E-state index contributed by atoms with van der Waals surface area (Å²) in [5, 5.41) is 0. The molecule has 1 aliphatic rings. The van der Waals surface area contributed by atoms with Gasteiger partial charge in [-0.05, 0) is 38.0 Å². The number of Topliss-reactive ketones (excluding diaryl/α,β-unsaturated/α-hetero) is 1. The number of rotatable bonds is 14. The van der Waals surface area contributed by atoms with Gasteiger partial charge in [-0.3, -0.25) is 9.59 Å². The zero-order valence-corrected chi connectivity index (χ0v) is 15.1. The van der Waals surface area contributed by atoms with E-state index in [0.29, 0.717) is 12.8 Å². The second-order valence-corrected chi connectivity index (χ2v) is 6.88. The van der Waals surface area contributed by atoms with Gasteiger partial charge in [0, 0.05) is 6.42 Å². The number of ether oxygens (including phenoxy) is 1. The molecule has 0 saturated heterocycles. The monoisotopic (exact) mass is 322 g/mol. The summed E-state index contributed by atoms with van der Waals surface area (Å²) in [5.74, 6) is -0.0116. The van der Waals surface area contributed by atoms with Gasteiger partial charge in [-0.1, -0.05) is 51.5 Å². The summed E-state index contributed by atoms with van der Waals surface area (Å²) in [6.07, 6.45) is 14.3. The second kappa shape index (κ2) is 10.6. The molecule has 0 aromatic carbocycles. The van der Waals surface area contributed by atoms with Crippen molar-refractivity contribution >= 4 is 11.8 Å². The molecule has 2 atom stereocenters. The van der Waals surface area contributed by atoms with Crippen LogP contribution in [0.3, 0.4) is 0 Å². The van der Waals surface area contributed by atoms with Crippen LogP contribution in [0.4, 0.5) is 0 Å². The van der Waals surface area contributed by atoms with Crippen LogP contribution in [0.25, 0.3) is 0 Å². The van der Waals surface area contributed by atoms with Crippen molar-refractivity contribution in [2.45, 2.75) is 84.0 Å². The second-order valence-electron chi connectivity index (χ2n) is 6.88. The molecule has 0 heterocycles. The number of esters is 1. The maximum atomic E-state index is 12.6. The summed E-state index contributed by atoms with van der Waals surface area (Å²) in [6.45, 7) is 5.93. The number of methoxy groups -OCH3 is 1. The normalized spacial score (nSPS) is 22.6. The molecule has 0 radical (unpaired) electrons. The lowest BCUT2D eigenvalue weighted by molar-refractivity contribution is -0.152. The predicted octanol–water partition coefficient (Wildman–Crippen LogP) is 5.23. The highest BCUT2D eigenvalue weighted by Crippen LogP contribution is 2.57. The van der Waals surface area contributed by atoms with Crippen LogP contribution in [0.15, 0.2) is 12.7 Å². The Hall–Kier alpha value is -1.12. The number of unbranched alkanes of at least 4 members (excludes halogenated alkanes) is 7. The molecule has 3 heteroatoms. The standard InChI is InChI=1S/C20H34O3/c1-4-6-8-9-10-11-13-15-18(21)20(19(22)23-3)16-17(20)14-12-7-5-2/h5,17H,2,4,6-16H2,1,3H3. The highest BCUT2D eigenvalue weighted by atomic mass is 16.5. The Kier molecular flexibility index (Phi) is 9.20. The summed E-state index contributed by atoms with van der Waals surface area (Å²) < 4.78 is 4.93. The molecule has 0 spiro atoms. The van der Waals surface area contributed by atoms with Gasteiger partial charge in [-0.25, -0.2) is 0 Å². The van der Waals surface area contributed by atoms with E-state index in [1.54, 1.807) is 0 Å². The van der Waals surface area contributed by atoms with E-state index in [1.807, 2.05) is 6.08 Å². The van der Waals surface area contributed by atoms with Crippen molar-refractivity contribution in [3.63, 3.8) is 0 Å². The summed E-state index contributed by atoms with van der Waals surface area (Å²) in [7, 11) is 1.39. The Morgan fingerprint density at radius 2 is 1.78 bits per heavy atom. The first-order chi connectivity index (χ1) is 11.1. The quantitative estimate of drug-likeness (QED) is 0.190. The average molecular weight is 322 g/mol. The molecule has 0 aromatic heterocycles. The van der Waals surface area contributed by atoms with Gasteiger partial charge in [-0.15, -0.1) is 6.58 Å². The number of carbonyl (C=O) groups is 2. The molecule has 0 N–H and O–H groups in total. The van der Waals surface area contributed by atoms with Gasteiger partial charge in [0.15, 0.2) is 0 Å². The third kappa shape index (κ3) is 5.78. The molecule has 132 valence electrons. The smallest absolute Gasteiger partial charge is 0.319 e. The number of hydrogen-bond acceptors (Lipinski definition) is 3. The summed E-state index contributed by atoms with van der Waals surface area (Å²) >= 11 is 0. The Bertz CT molecular complexity index is 388. The van der Waals surface area contributed by atoms with Crippen LogP contribution >= 0.6 is 0 Å². The third-order valence-electron chi connectivity index (χ3n) is 5.12. The van der Waals surface area contributed by atoms with Gasteiger partial charge in [0.2, 0.25) is 0 Å². The predicted molar refractivity (Wildman–Crippen MR) is 94.2 cm³/mol. The first-order valence-corrected chi connectivity index (χ1v) is 9.36. The van der Waals surface area contributed by atoms with Crippen molar-refractivity contribution in [2.75, 3.05) is 7.11 Å². The van der Waals surface area contributed by atoms with Gasteiger partial charge in [0.1, 0.15) is 11.2 Å². The van der Waals surface area contributed by atoms with Gasteiger partial charge in [0.25, 0.3) is 0 Å². The fourth-order valence-corrected chi connectivity index (χ4v) is 3.54. The lowest BCUT2D eigenvalue weighted by Crippen LogP contribution is -2.29. The van der Waals surface area contributed by atoms with Crippen molar-refractivity contribution in [3.8, 4) is 0 Å². The molecule has 1 rings (SSSR count). The molecule has 0 aromatic rings. The van der Waals surface area contributed by atoms with E-state index in [-0.39, 0.29) is 17.7 Å². The first kappa shape index (κ1) is 19.9. The van der Waals surface area contributed by atoms with Gasteiger partial charge in [-0.2, -0.15) is 0 Å². The van der Waals surface area contributed by atoms with Crippen LogP contribution in [0, 0.1) is 11.3 Å². The van der Waals surface area contributed by atoms with Crippen LogP contribution in [0.2, 0.25) is 0 Å². The van der Waals surface area contributed by atoms with E-state index in [9.17, 15) is 9.59 Å². The number of carbonyl (C=O) groups excluding carboxylic acids is 2. The van der Waals surface area contributed by atoms with E-state index in [1.165, 1.54) is 39.2 Å². The molecule has 0 bridgehead atoms. The minimum Gasteiger partial charge on any atom is -0.468 e. The van der Waals surface area contributed by atoms with E-state index in [4.69, 9.17) is 4.74 Å². The molecule has 0 aliphatic heterocycles. The molecule has 3 nitrogen and oxygen atoms in total. The highest BCUT2D eigenvalue weighted by molar-refractivity contribution is 6.07. The van der Waals surface area contributed by atoms with Gasteiger partial charge in [0.05, 0.1) is 7.11 Å². The fourth-order valence-electron chi connectivity index (χ4n) is 3.54. The van der Waals surface area contributed by atoms with Crippen LogP contribution in [-0.4, -0.2) is 18.9 Å². The molecule has 0 amide bonds. The maximum absolute atomic E-state index is 12.6. The summed E-state index contributed by atoms with van der Waals surface area (Å²) in [4.78, 5) is 24.7.